The summed E-state index contributed by atoms with van der Waals surface area (Å²) >= 11 is 6.06. The van der Waals surface area contributed by atoms with Gasteiger partial charge in [0.2, 0.25) is 11.6 Å². The topological polar surface area (TPSA) is 87.4 Å². The summed E-state index contributed by atoms with van der Waals surface area (Å²) in [7, 11) is 0. The molecular formula is C20H17ClF2N6O2. The highest BCUT2D eigenvalue weighted by Gasteiger charge is 2.29. The third-order valence-corrected chi connectivity index (χ3v) is 5.16. The lowest BCUT2D eigenvalue weighted by Gasteiger charge is -2.36. The van der Waals surface area contributed by atoms with Crippen LogP contribution < -0.4 is 15.1 Å². The maximum Gasteiger partial charge on any atom is 0.353 e. The van der Waals surface area contributed by atoms with Crippen LogP contribution in [-0.4, -0.2) is 41.1 Å². The Morgan fingerprint density at radius 2 is 1.77 bits per heavy atom. The fourth-order valence-corrected chi connectivity index (χ4v) is 3.61. The Morgan fingerprint density at radius 1 is 1.03 bits per heavy atom. The van der Waals surface area contributed by atoms with Gasteiger partial charge in [0.25, 0.3) is 0 Å². The van der Waals surface area contributed by atoms with E-state index in [0.717, 1.165) is 17.8 Å². The smallest absolute Gasteiger partial charge is 0.353 e. The van der Waals surface area contributed by atoms with E-state index in [4.69, 9.17) is 11.6 Å². The Morgan fingerprint density at radius 3 is 2.45 bits per heavy atom. The van der Waals surface area contributed by atoms with Crippen molar-refractivity contribution in [2.45, 2.75) is 0 Å². The number of nitro groups is 1. The Labute approximate surface area is 181 Å². The van der Waals surface area contributed by atoms with Gasteiger partial charge in [-0.05, 0) is 30.3 Å². The fourth-order valence-electron chi connectivity index (χ4n) is 3.43. The first-order valence-corrected chi connectivity index (χ1v) is 9.77. The zero-order chi connectivity index (χ0) is 22.0. The van der Waals surface area contributed by atoms with E-state index in [1.54, 1.807) is 11.0 Å². The van der Waals surface area contributed by atoms with Crippen LogP contribution in [0.25, 0.3) is 0 Å². The van der Waals surface area contributed by atoms with Gasteiger partial charge in [-0.15, -0.1) is 0 Å². The highest BCUT2D eigenvalue weighted by Crippen LogP contribution is 2.35. The van der Waals surface area contributed by atoms with Crippen molar-refractivity contribution >= 4 is 40.3 Å². The molecule has 0 spiro atoms. The monoisotopic (exact) mass is 446 g/mol. The van der Waals surface area contributed by atoms with Gasteiger partial charge in [0.1, 0.15) is 18.0 Å². The average molecular weight is 447 g/mol. The SMILES string of the molecule is O=[N+]([O-])c1c(Nc2ccc(F)cc2F)ncnc1N1CCN(c2cccc(Cl)c2)CC1. The summed E-state index contributed by atoms with van der Waals surface area (Å²) in [5, 5.41) is 15.0. The number of rotatable bonds is 5. The van der Waals surface area contributed by atoms with Crippen LogP contribution in [0.3, 0.4) is 0 Å². The largest absolute Gasteiger partial charge is 0.368 e. The van der Waals surface area contributed by atoms with Crippen molar-refractivity contribution in [2.24, 2.45) is 0 Å². The molecule has 1 aliphatic rings. The number of nitrogens with zero attached hydrogens (tertiary/aromatic N) is 5. The number of anilines is 4. The van der Waals surface area contributed by atoms with E-state index >= 15 is 0 Å². The molecule has 1 N–H and O–H groups in total. The molecule has 2 heterocycles. The molecule has 0 unspecified atom stereocenters. The van der Waals surface area contributed by atoms with Crippen molar-refractivity contribution in [3.63, 3.8) is 0 Å². The first-order chi connectivity index (χ1) is 14.9. The van der Waals surface area contributed by atoms with E-state index in [0.29, 0.717) is 37.3 Å². The Hall–Kier alpha value is -3.53. The molecule has 1 aromatic heterocycles. The van der Waals surface area contributed by atoms with Crippen LogP contribution in [0.15, 0.2) is 48.8 Å². The van der Waals surface area contributed by atoms with E-state index in [1.165, 1.54) is 6.33 Å². The predicted molar refractivity (Wildman–Crippen MR) is 114 cm³/mol. The zero-order valence-electron chi connectivity index (χ0n) is 16.1. The van der Waals surface area contributed by atoms with Crippen LogP contribution in [-0.2, 0) is 0 Å². The Bertz CT molecular complexity index is 1120. The maximum atomic E-state index is 14.0. The molecule has 11 heteroatoms. The van der Waals surface area contributed by atoms with Gasteiger partial charge >= 0.3 is 5.69 Å². The second-order valence-electron chi connectivity index (χ2n) is 6.85. The minimum absolute atomic E-state index is 0.125. The van der Waals surface area contributed by atoms with E-state index in [-0.39, 0.29) is 23.0 Å². The molecule has 2 aromatic carbocycles. The molecule has 160 valence electrons. The normalized spacial score (nSPS) is 13.9. The first-order valence-electron chi connectivity index (χ1n) is 9.39. The van der Waals surface area contributed by atoms with Gasteiger partial charge in [0, 0.05) is 43.0 Å². The summed E-state index contributed by atoms with van der Waals surface area (Å²) in [5.41, 5.74) is 0.473. The van der Waals surface area contributed by atoms with Crippen molar-refractivity contribution in [3.05, 3.63) is 75.6 Å². The van der Waals surface area contributed by atoms with Crippen molar-refractivity contribution < 1.29 is 13.7 Å². The molecule has 1 fully saturated rings. The molecule has 1 saturated heterocycles. The molecule has 1 aliphatic heterocycles. The van der Waals surface area contributed by atoms with E-state index in [9.17, 15) is 18.9 Å². The van der Waals surface area contributed by atoms with Gasteiger partial charge in [0.05, 0.1) is 10.6 Å². The standard InChI is InChI=1S/C20H17ClF2N6O2/c21-13-2-1-3-15(10-13)27-6-8-28(9-7-27)20-18(29(30)31)19(24-12-25-20)26-17-5-4-14(22)11-16(17)23/h1-5,10-12H,6-9H2,(H,24,25,26). The summed E-state index contributed by atoms with van der Waals surface area (Å²) in [5.74, 6) is -1.67. The first kappa shape index (κ1) is 20.7. The fraction of sp³-hybridized carbons (Fsp3) is 0.200. The molecule has 3 aromatic rings. The summed E-state index contributed by atoms with van der Waals surface area (Å²) in [4.78, 5) is 23.1. The molecule has 0 saturated carbocycles. The van der Waals surface area contributed by atoms with Gasteiger partial charge in [-0.2, -0.15) is 0 Å². The number of piperazine rings is 1. The molecule has 0 aliphatic carbocycles. The van der Waals surface area contributed by atoms with Crippen LogP contribution in [0.4, 0.5) is 37.5 Å². The van der Waals surface area contributed by atoms with Crippen LogP contribution in [0.2, 0.25) is 5.02 Å². The summed E-state index contributed by atoms with van der Waals surface area (Å²) in [6.45, 7) is 2.18. The lowest BCUT2D eigenvalue weighted by atomic mass is 10.2. The minimum Gasteiger partial charge on any atom is -0.368 e. The highest BCUT2D eigenvalue weighted by atomic mass is 35.5. The predicted octanol–water partition coefficient (Wildman–Crippen LogP) is 4.39. The highest BCUT2D eigenvalue weighted by molar-refractivity contribution is 6.30. The molecule has 8 nitrogen and oxygen atoms in total. The molecule has 31 heavy (non-hydrogen) atoms. The summed E-state index contributed by atoms with van der Waals surface area (Å²) < 4.78 is 27.2. The molecular weight excluding hydrogens is 430 g/mol. The van der Waals surface area contributed by atoms with Gasteiger partial charge < -0.3 is 15.1 Å². The van der Waals surface area contributed by atoms with Crippen molar-refractivity contribution in [1.29, 1.82) is 0 Å². The van der Waals surface area contributed by atoms with Crippen LogP contribution in [0, 0.1) is 21.7 Å². The molecule has 0 radical (unpaired) electrons. The second kappa shape index (κ2) is 8.68. The van der Waals surface area contributed by atoms with Gasteiger partial charge in [-0.1, -0.05) is 17.7 Å². The van der Waals surface area contributed by atoms with E-state index in [2.05, 4.69) is 20.2 Å². The lowest BCUT2D eigenvalue weighted by molar-refractivity contribution is -0.383. The van der Waals surface area contributed by atoms with Crippen LogP contribution in [0.5, 0.6) is 0 Å². The number of hydrogen-bond acceptors (Lipinski definition) is 7. The van der Waals surface area contributed by atoms with Crippen molar-refractivity contribution in [1.82, 2.24) is 9.97 Å². The lowest BCUT2D eigenvalue weighted by Crippen LogP contribution is -2.47. The number of aromatic nitrogens is 2. The maximum absolute atomic E-state index is 14.0. The second-order valence-corrected chi connectivity index (χ2v) is 7.29. The van der Waals surface area contributed by atoms with E-state index < -0.39 is 16.6 Å². The average Bonchev–Trinajstić information content (AvgIpc) is 2.75. The van der Waals surface area contributed by atoms with E-state index in [1.807, 2.05) is 18.2 Å². The third kappa shape index (κ3) is 4.48. The number of hydrogen-bond donors (Lipinski definition) is 1. The van der Waals surface area contributed by atoms with Crippen LogP contribution >= 0.6 is 11.6 Å². The number of halogens is 3. The molecule has 4 rings (SSSR count). The van der Waals surface area contributed by atoms with Crippen molar-refractivity contribution in [3.8, 4) is 0 Å². The van der Waals surface area contributed by atoms with Crippen molar-refractivity contribution in [2.75, 3.05) is 41.3 Å². The number of nitrogens with one attached hydrogen (secondary N) is 1. The third-order valence-electron chi connectivity index (χ3n) is 4.92. The van der Waals surface area contributed by atoms with Gasteiger partial charge in [-0.25, -0.2) is 18.7 Å². The molecule has 0 atom stereocenters. The zero-order valence-corrected chi connectivity index (χ0v) is 16.9. The van der Waals surface area contributed by atoms with Gasteiger partial charge in [-0.3, -0.25) is 10.1 Å². The number of benzene rings is 2. The summed E-state index contributed by atoms with van der Waals surface area (Å²) in [6.07, 6.45) is 1.18. The molecule has 0 bridgehead atoms. The molecule has 0 amide bonds. The minimum atomic E-state index is -0.885. The van der Waals surface area contributed by atoms with Gasteiger partial charge in [0.15, 0.2) is 0 Å². The quantitative estimate of drug-likeness (QED) is 0.459. The summed E-state index contributed by atoms with van der Waals surface area (Å²) in [6, 6.07) is 10.4. The Balaban J connectivity index is 1.58. The van der Waals surface area contributed by atoms with Crippen LogP contribution in [0.1, 0.15) is 0 Å². The Kier molecular flexibility index (Phi) is 5.81.